The van der Waals surface area contributed by atoms with Gasteiger partial charge in [-0.3, -0.25) is 4.79 Å². The van der Waals surface area contributed by atoms with Crippen molar-refractivity contribution in [1.82, 2.24) is 0 Å². The summed E-state index contributed by atoms with van der Waals surface area (Å²) in [5.41, 5.74) is 1.17. The molecule has 0 aliphatic heterocycles. The largest absolute Gasteiger partial charge is 0.497 e. The molecule has 0 bridgehead atoms. The number of carbonyl (C=O) groups is 2. The SMILES string of the molecule is COc1ccc(C(=O)Nc2cccc(C(=O)OCc3c(F)cccc3Cl)c2)cc1. The Kier molecular flexibility index (Phi) is 6.46. The van der Waals surface area contributed by atoms with Crippen LogP contribution in [0.2, 0.25) is 5.02 Å². The second kappa shape index (κ2) is 9.21. The molecule has 0 aliphatic carbocycles. The normalized spacial score (nSPS) is 10.3. The van der Waals surface area contributed by atoms with Crippen molar-refractivity contribution >= 4 is 29.2 Å². The fourth-order valence-corrected chi connectivity index (χ4v) is 2.78. The van der Waals surface area contributed by atoms with Gasteiger partial charge in [0.1, 0.15) is 18.2 Å². The van der Waals surface area contributed by atoms with Gasteiger partial charge in [-0.25, -0.2) is 9.18 Å². The molecule has 7 heteroatoms. The summed E-state index contributed by atoms with van der Waals surface area (Å²) in [6.07, 6.45) is 0. The van der Waals surface area contributed by atoms with E-state index in [9.17, 15) is 14.0 Å². The van der Waals surface area contributed by atoms with Crippen molar-refractivity contribution in [3.8, 4) is 5.75 Å². The van der Waals surface area contributed by atoms with Crippen molar-refractivity contribution in [2.24, 2.45) is 0 Å². The number of benzene rings is 3. The van der Waals surface area contributed by atoms with E-state index in [4.69, 9.17) is 21.1 Å². The minimum absolute atomic E-state index is 0.103. The number of halogens is 2. The standard InChI is InChI=1S/C22H17ClFNO4/c1-28-17-10-8-14(9-11-17)21(26)25-16-5-2-4-15(12-16)22(27)29-13-18-19(23)6-3-7-20(18)24/h2-12H,13H2,1H3,(H,25,26). The Bertz CT molecular complexity index is 1020. The molecule has 148 valence electrons. The van der Waals surface area contributed by atoms with Gasteiger partial charge >= 0.3 is 5.97 Å². The van der Waals surface area contributed by atoms with Gasteiger partial charge < -0.3 is 14.8 Å². The van der Waals surface area contributed by atoms with E-state index >= 15 is 0 Å². The molecule has 1 N–H and O–H groups in total. The van der Waals surface area contributed by atoms with E-state index in [0.29, 0.717) is 17.0 Å². The molecule has 0 unspecified atom stereocenters. The number of ether oxygens (including phenoxy) is 2. The van der Waals surface area contributed by atoms with E-state index < -0.39 is 11.8 Å². The van der Waals surface area contributed by atoms with Crippen molar-refractivity contribution in [1.29, 1.82) is 0 Å². The molecule has 1 amide bonds. The molecule has 3 aromatic rings. The predicted octanol–water partition coefficient (Wildman–Crippen LogP) is 5.10. The van der Waals surface area contributed by atoms with Gasteiger partial charge in [0.25, 0.3) is 5.91 Å². The van der Waals surface area contributed by atoms with Crippen LogP contribution < -0.4 is 10.1 Å². The third-order valence-electron chi connectivity index (χ3n) is 4.12. The van der Waals surface area contributed by atoms with Gasteiger partial charge in [0.15, 0.2) is 0 Å². The summed E-state index contributed by atoms with van der Waals surface area (Å²) in [7, 11) is 1.54. The smallest absolute Gasteiger partial charge is 0.338 e. The lowest BCUT2D eigenvalue weighted by Crippen LogP contribution is -2.13. The number of rotatable bonds is 6. The number of esters is 1. The molecule has 3 aromatic carbocycles. The molecule has 0 saturated carbocycles. The number of methoxy groups -OCH3 is 1. The lowest BCUT2D eigenvalue weighted by atomic mass is 10.1. The van der Waals surface area contributed by atoms with Gasteiger partial charge in [0.05, 0.1) is 17.7 Å². The number of nitrogens with one attached hydrogen (secondary N) is 1. The topological polar surface area (TPSA) is 64.6 Å². The summed E-state index contributed by atoms with van der Waals surface area (Å²) >= 11 is 5.93. The zero-order valence-electron chi connectivity index (χ0n) is 15.4. The van der Waals surface area contributed by atoms with Crippen LogP contribution in [0.1, 0.15) is 26.3 Å². The minimum Gasteiger partial charge on any atom is -0.497 e. The maximum absolute atomic E-state index is 13.8. The highest BCUT2D eigenvalue weighted by Gasteiger charge is 2.13. The molecule has 29 heavy (non-hydrogen) atoms. The van der Waals surface area contributed by atoms with Gasteiger partial charge in [0.2, 0.25) is 0 Å². The zero-order valence-corrected chi connectivity index (χ0v) is 16.2. The highest BCUT2D eigenvalue weighted by Crippen LogP contribution is 2.21. The summed E-state index contributed by atoms with van der Waals surface area (Å²) in [6, 6.07) is 17.1. The van der Waals surface area contributed by atoms with E-state index in [2.05, 4.69) is 5.32 Å². The first-order valence-electron chi connectivity index (χ1n) is 8.63. The fourth-order valence-electron chi connectivity index (χ4n) is 2.56. The van der Waals surface area contributed by atoms with Crippen LogP contribution in [-0.2, 0) is 11.3 Å². The number of hydrogen-bond donors (Lipinski definition) is 1. The van der Waals surface area contributed by atoms with Crippen LogP contribution >= 0.6 is 11.6 Å². The van der Waals surface area contributed by atoms with Gasteiger partial charge in [-0.15, -0.1) is 0 Å². The number of amides is 1. The molecular formula is C22H17ClFNO4. The molecule has 5 nitrogen and oxygen atoms in total. The Balaban J connectivity index is 1.66. The Morgan fingerprint density at radius 1 is 1.00 bits per heavy atom. The average Bonchev–Trinajstić information content (AvgIpc) is 2.73. The minimum atomic E-state index is -0.662. The van der Waals surface area contributed by atoms with Gasteiger partial charge in [-0.1, -0.05) is 23.7 Å². The molecule has 0 saturated heterocycles. The first-order valence-corrected chi connectivity index (χ1v) is 9.01. The monoisotopic (exact) mass is 413 g/mol. The lowest BCUT2D eigenvalue weighted by molar-refractivity contribution is 0.0469. The van der Waals surface area contributed by atoms with Crippen molar-refractivity contribution in [2.45, 2.75) is 6.61 Å². The fraction of sp³-hybridized carbons (Fsp3) is 0.0909. The van der Waals surface area contributed by atoms with Crippen LogP contribution in [0.4, 0.5) is 10.1 Å². The number of anilines is 1. The van der Waals surface area contributed by atoms with E-state index in [1.807, 2.05) is 0 Å². The van der Waals surface area contributed by atoms with Gasteiger partial charge in [-0.2, -0.15) is 0 Å². The predicted molar refractivity (Wildman–Crippen MR) is 108 cm³/mol. The Morgan fingerprint density at radius 2 is 1.72 bits per heavy atom. The molecule has 0 aromatic heterocycles. The van der Waals surface area contributed by atoms with Crippen molar-refractivity contribution in [3.63, 3.8) is 0 Å². The molecule has 0 heterocycles. The molecule has 0 fully saturated rings. The van der Waals surface area contributed by atoms with E-state index in [-0.39, 0.29) is 28.7 Å². The van der Waals surface area contributed by atoms with E-state index in [0.717, 1.165) is 0 Å². The summed E-state index contributed by atoms with van der Waals surface area (Å²) in [4.78, 5) is 24.7. The third kappa shape index (κ3) is 5.12. The Morgan fingerprint density at radius 3 is 2.41 bits per heavy atom. The Labute approximate surface area is 172 Å². The maximum atomic E-state index is 13.8. The van der Waals surface area contributed by atoms with Gasteiger partial charge in [0, 0.05) is 16.8 Å². The molecule has 0 radical (unpaired) electrons. The highest BCUT2D eigenvalue weighted by atomic mass is 35.5. The van der Waals surface area contributed by atoms with E-state index in [1.165, 1.54) is 30.3 Å². The maximum Gasteiger partial charge on any atom is 0.338 e. The van der Waals surface area contributed by atoms with Crippen LogP contribution in [0.5, 0.6) is 5.75 Å². The summed E-state index contributed by atoms with van der Waals surface area (Å²) < 4.78 is 24.0. The van der Waals surface area contributed by atoms with Crippen LogP contribution in [0.3, 0.4) is 0 Å². The lowest BCUT2D eigenvalue weighted by Gasteiger charge is -2.10. The van der Waals surface area contributed by atoms with Crippen LogP contribution in [0.15, 0.2) is 66.7 Å². The third-order valence-corrected chi connectivity index (χ3v) is 4.47. The first-order chi connectivity index (χ1) is 14.0. The van der Waals surface area contributed by atoms with Crippen molar-refractivity contribution < 1.29 is 23.5 Å². The zero-order chi connectivity index (χ0) is 20.8. The summed E-state index contributed by atoms with van der Waals surface area (Å²) in [5, 5.41) is 2.89. The van der Waals surface area contributed by atoms with Crippen LogP contribution in [-0.4, -0.2) is 19.0 Å². The highest BCUT2D eigenvalue weighted by molar-refractivity contribution is 6.31. The molecule has 0 aliphatic rings. The van der Waals surface area contributed by atoms with Crippen LogP contribution in [0.25, 0.3) is 0 Å². The molecule has 0 spiro atoms. The number of carbonyl (C=O) groups excluding carboxylic acids is 2. The van der Waals surface area contributed by atoms with Crippen molar-refractivity contribution in [2.75, 3.05) is 12.4 Å². The second-order valence-electron chi connectivity index (χ2n) is 6.04. The van der Waals surface area contributed by atoms with E-state index in [1.54, 1.807) is 43.5 Å². The van der Waals surface area contributed by atoms with Crippen LogP contribution in [0, 0.1) is 5.82 Å². The molecule has 0 atom stereocenters. The molecular weight excluding hydrogens is 397 g/mol. The second-order valence-corrected chi connectivity index (χ2v) is 6.45. The average molecular weight is 414 g/mol. The van der Waals surface area contributed by atoms with Gasteiger partial charge in [-0.05, 0) is 54.6 Å². The molecule has 3 rings (SSSR count). The Hall–Kier alpha value is -3.38. The quantitative estimate of drug-likeness (QED) is 0.571. The first kappa shape index (κ1) is 20.4. The summed E-state index contributed by atoms with van der Waals surface area (Å²) in [5.74, 6) is -0.909. The summed E-state index contributed by atoms with van der Waals surface area (Å²) in [6.45, 7) is -0.299. The number of hydrogen-bond acceptors (Lipinski definition) is 4. The van der Waals surface area contributed by atoms with Crippen molar-refractivity contribution in [3.05, 3.63) is 94.3 Å².